The molecule has 4 heteroatoms. The molecule has 0 amide bonds. The Hall–Kier alpha value is -0.683. The summed E-state index contributed by atoms with van der Waals surface area (Å²) >= 11 is 0. The molecule has 0 aliphatic rings. The average Bonchev–Trinajstić information content (AvgIpc) is 2.48. The van der Waals surface area contributed by atoms with E-state index in [0.717, 1.165) is 38.5 Å². The summed E-state index contributed by atoms with van der Waals surface area (Å²) in [5, 5.41) is 1.23. The number of rotatable bonds is 10. The van der Waals surface area contributed by atoms with E-state index in [1.54, 1.807) is 0 Å². The van der Waals surface area contributed by atoms with Gasteiger partial charge in [-0.05, 0) is 37.0 Å². The predicted octanol–water partition coefficient (Wildman–Crippen LogP) is 2.54. The van der Waals surface area contributed by atoms with E-state index in [-0.39, 0.29) is 0 Å². The van der Waals surface area contributed by atoms with Crippen molar-refractivity contribution in [3.63, 3.8) is 0 Å². The van der Waals surface area contributed by atoms with Gasteiger partial charge in [0.1, 0.15) is 0 Å². The lowest BCUT2D eigenvalue weighted by molar-refractivity contribution is 0.179. The zero-order chi connectivity index (χ0) is 14.0. The molecule has 1 aromatic rings. The van der Waals surface area contributed by atoms with Crippen LogP contribution < -0.4 is 10.9 Å². The zero-order valence-electron chi connectivity index (χ0n) is 12.2. The topological polar surface area (TPSA) is 44.5 Å². The summed E-state index contributed by atoms with van der Waals surface area (Å²) in [6.45, 7) is 6.47. The van der Waals surface area contributed by atoms with Crippen molar-refractivity contribution in [1.29, 1.82) is 0 Å². The molecule has 0 aromatic heterocycles. The summed E-state index contributed by atoms with van der Waals surface area (Å²) in [6.07, 6.45) is 2.98. The molecule has 0 spiro atoms. The maximum absolute atomic E-state index is 6.23. The first kappa shape index (κ1) is 16.4. The third kappa shape index (κ3) is 5.07. The minimum absolute atomic E-state index is 0.687. The van der Waals surface area contributed by atoms with E-state index in [9.17, 15) is 0 Å². The molecular formula is C15H27NO2Si. The molecule has 0 heterocycles. The van der Waals surface area contributed by atoms with Crippen LogP contribution in [0.15, 0.2) is 30.3 Å². The van der Waals surface area contributed by atoms with Crippen LogP contribution in [0.25, 0.3) is 0 Å². The Balaban J connectivity index is 2.94. The molecule has 108 valence electrons. The summed E-state index contributed by atoms with van der Waals surface area (Å²) in [4.78, 5) is 0. The molecule has 3 nitrogen and oxygen atoms in total. The van der Waals surface area contributed by atoms with Crippen molar-refractivity contribution >= 4 is 13.7 Å². The summed E-state index contributed by atoms with van der Waals surface area (Å²) in [6, 6.07) is 11.4. The molecule has 1 rings (SSSR count). The van der Waals surface area contributed by atoms with Gasteiger partial charge in [-0.2, -0.15) is 0 Å². The Kier molecular flexibility index (Phi) is 7.98. The van der Waals surface area contributed by atoms with Crippen LogP contribution in [0.1, 0.15) is 33.1 Å². The lowest BCUT2D eigenvalue weighted by atomic mass is 10.4. The lowest BCUT2D eigenvalue weighted by Crippen LogP contribution is -2.54. The van der Waals surface area contributed by atoms with E-state index in [4.69, 9.17) is 14.6 Å². The molecule has 19 heavy (non-hydrogen) atoms. The molecule has 2 N–H and O–H groups in total. The van der Waals surface area contributed by atoms with Crippen molar-refractivity contribution in [2.45, 2.75) is 39.2 Å². The minimum atomic E-state index is -2.31. The van der Waals surface area contributed by atoms with Crippen molar-refractivity contribution in [3.8, 4) is 0 Å². The van der Waals surface area contributed by atoms with Crippen LogP contribution in [0.5, 0.6) is 0 Å². The molecular weight excluding hydrogens is 254 g/mol. The van der Waals surface area contributed by atoms with Gasteiger partial charge in [0.15, 0.2) is 0 Å². The summed E-state index contributed by atoms with van der Waals surface area (Å²) in [5.41, 5.74) is 5.68. The van der Waals surface area contributed by atoms with Gasteiger partial charge < -0.3 is 14.6 Å². The molecule has 0 atom stereocenters. The third-order valence-electron chi connectivity index (χ3n) is 3.00. The molecule has 1 aromatic carbocycles. The molecule has 0 aliphatic heterocycles. The van der Waals surface area contributed by atoms with Gasteiger partial charge in [-0.1, -0.05) is 44.2 Å². The fraction of sp³-hybridized carbons (Fsp3) is 0.600. The summed E-state index contributed by atoms with van der Waals surface area (Å²) in [5.74, 6) is 0. The monoisotopic (exact) mass is 281 g/mol. The van der Waals surface area contributed by atoms with Gasteiger partial charge in [0.25, 0.3) is 0 Å². The van der Waals surface area contributed by atoms with E-state index in [1.807, 2.05) is 6.07 Å². The predicted molar refractivity (Wildman–Crippen MR) is 82.8 cm³/mol. The number of nitrogens with two attached hydrogens (primary N) is 1. The third-order valence-corrected chi connectivity index (χ3v) is 6.57. The second kappa shape index (κ2) is 9.26. The Morgan fingerprint density at radius 1 is 1.00 bits per heavy atom. The highest BCUT2D eigenvalue weighted by Gasteiger charge is 2.39. The molecule has 0 unspecified atom stereocenters. The van der Waals surface area contributed by atoms with E-state index >= 15 is 0 Å². The van der Waals surface area contributed by atoms with Crippen molar-refractivity contribution in [3.05, 3.63) is 30.3 Å². The van der Waals surface area contributed by atoms with Crippen LogP contribution >= 0.6 is 0 Å². The van der Waals surface area contributed by atoms with Gasteiger partial charge >= 0.3 is 8.56 Å². The summed E-state index contributed by atoms with van der Waals surface area (Å²) < 4.78 is 12.5. The first-order valence-corrected chi connectivity index (χ1v) is 9.35. The number of hydrogen-bond donors (Lipinski definition) is 1. The first-order valence-electron chi connectivity index (χ1n) is 7.32. The standard InChI is InChI=1S/C15H27NO2Si/c1-3-12-17-19(14-8-11-16,18-13-4-2)15-9-6-5-7-10-15/h5-7,9-10H,3-4,8,11-14,16H2,1-2H3. The van der Waals surface area contributed by atoms with Gasteiger partial charge in [-0.15, -0.1) is 0 Å². The maximum atomic E-state index is 6.23. The van der Waals surface area contributed by atoms with Gasteiger partial charge in [0.2, 0.25) is 0 Å². The second-order valence-electron chi connectivity index (χ2n) is 4.71. The van der Waals surface area contributed by atoms with E-state index in [0.29, 0.717) is 6.54 Å². The van der Waals surface area contributed by atoms with Crippen LogP contribution in [-0.4, -0.2) is 28.3 Å². The largest absolute Gasteiger partial charge is 0.391 e. The fourth-order valence-corrected chi connectivity index (χ4v) is 5.49. The Labute approximate surface area is 118 Å². The smallest absolute Gasteiger partial charge is 0.372 e. The Morgan fingerprint density at radius 3 is 2.05 bits per heavy atom. The lowest BCUT2D eigenvalue weighted by Gasteiger charge is -2.31. The zero-order valence-corrected chi connectivity index (χ0v) is 13.2. The van der Waals surface area contributed by atoms with Crippen LogP contribution in [0.2, 0.25) is 6.04 Å². The summed E-state index contributed by atoms with van der Waals surface area (Å²) in [7, 11) is -2.31. The second-order valence-corrected chi connectivity index (χ2v) is 7.87. The highest BCUT2D eigenvalue weighted by molar-refractivity contribution is 6.81. The van der Waals surface area contributed by atoms with Crippen molar-refractivity contribution < 1.29 is 8.85 Å². The maximum Gasteiger partial charge on any atom is 0.372 e. The normalized spacial score (nSPS) is 11.7. The van der Waals surface area contributed by atoms with Crippen molar-refractivity contribution in [1.82, 2.24) is 0 Å². The minimum Gasteiger partial charge on any atom is -0.391 e. The molecule has 0 saturated carbocycles. The highest BCUT2D eigenvalue weighted by Crippen LogP contribution is 2.17. The van der Waals surface area contributed by atoms with E-state index < -0.39 is 8.56 Å². The van der Waals surface area contributed by atoms with Gasteiger partial charge in [-0.3, -0.25) is 0 Å². The fourth-order valence-electron chi connectivity index (χ4n) is 2.06. The average molecular weight is 281 g/mol. The van der Waals surface area contributed by atoms with E-state index in [1.165, 1.54) is 5.19 Å². The van der Waals surface area contributed by atoms with Crippen molar-refractivity contribution in [2.24, 2.45) is 5.73 Å². The van der Waals surface area contributed by atoms with Crippen LogP contribution in [0, 0.1) is 0 Å². The highest BCUT2D eigenvalue weighted by atomic mass is 28.4. The molecule has 0 radical (unpaired) electrons. The first-order chi connectivity index (χ1) is 9.29. The molecule has 0 aliphatic carbocycles. The van der Waals surface area contributed by atoms with Gasteiger partial charge in [0, 0.05) is 13.2 Å². The van der Waals surface area contributed by atoms with Crippen LogP contribution in [-0.2, 0) is 8.85 Å². The van der Waals surface area contributed by atoms with E-state index in [2.05, 4.69) is 38.1 Å². The number of benzene rings is 1. The Bertz CT molecular complexity index is 310. The van der Waals surface area contributed by atoms with Crippen LogP contribution in [0.3, 0.4) is 0 Å². The van der Waals surface area contributed by atoms with Gasteiger partial charge in [-0.25, -0.2) is 0 Å². The van der Waals surface area contributed by atoms with Crippen LogP contribution in [0.4, 0.5) is 0 Å². The molecule has 0 saturated heterocycles. The SMILES string of the molecule is CCCO[Si](CCCN)(OCCC)c1ccccc1. The molecule has 0 bridgehead atoms. The quantitative estimate of drug-likeness (QED) is 0.670. The van der Waals surface area contributed by atoms with Gasteiger partial charge in [0.05, 0.1) is 0 Å². The Morgan fingerprint density at radius 2 is 1.58 bits per heavy atom. The van der Waals surface area contributed by atoms with Crippen molar-refractivity contribution in [2.75, 3.05) is 19.8 Å². The number of hydrogen-bond acceptors (Lipinski definition) is 3. The molecule has 0 fully saturated rings.